The van der Waals surface area contributed by atoms with Crippen molar-refractivity contribution in [2.75, 3.05) is 43.1 Å². The Bertz CT molecular complexity index is 1230. The molecule has 218 valence electrons. The molecule has 4 rings (SSSR count). The maximum Gasteiger partial charge on any atom is 0.420 e. The van der Waals surface area contributed by atoms with Gasteiger partial charge in [-0.1, -0.05) is 12.8 Å². The van der Waals surface area contributed by atoms with Crippen LogP contribution in [0.4, 0.5) is 51.7 Å². The van der Waals surface area contributed by atoms with Crippen LogP contribution in [-0.2, 0) is 17.1 Å². The first kappa shape index (κ1) is 29.4. The van der Waals surface area contributed by atoms with Gasteiger partial charge in [-0.2, -0.15) is 26.3 Å². The maximum absolute atomic E-state index is 14.0. The van der Waals surface area contributed by atoms with E-state index < -0.39 is 52.9 Å². The minimum atomic E-state index is -5.38. The summed E-state index contributed by atoms with van der Waals surface area (Å²) in [5.41, 5.74) is -4.36. The third kappa shape index (κ3) is 6.60. The molecule has 2 aliphatic rings. The zero-order chi connectivity index (χ0) is 29.2. The number of benzene rings is 2. The number of carbonyl (C=O) groups is 2. The summed E-state index contributed by atoms with van der Waals surface area (Å²) >= 11 is 0. The molecular formula is C26H26F7N3O4. The van der Waals surface area contributed by atoms with Gasteiger partial charge >= 0.3 is 24.5 Å². The smallest absolute Gasteiger partial charge is 0.407 e. The number of urea groups is 1. The van der Waals surface area contributed by atoms with E-state index in [0.29, 0.717) is 6.07 Å². The fourth-order valence-electron chi connectivity index (χ4n) is 4.62. The topological polar surface area (TPSA) is 62.3 Å². The Labute approximate surface area is 225 Å². The Morgan fingerprint density at radius 1 is 1.00 bits per heavy atom. The minimum absolute atomic E-state index is 0.00727. The minimum Gasteiger partial charge on any atom is -0.407 e. The number of alkyl halides is 6. The first-order valence-electron chi connectivity index (χ1n) is 12.5. The van der Waals surface area contributed by atoms with Crippen molar-refractivity contribution in [2.24, 2.45) is 0 Å². The second-order valence-corrected chi connectivity index (χ2v) is 9.47. The predicted molar refractivity (Wildman–Crippen MR) is 130 cm³/mol. The molecule has 2 aromatic rings. The van der Waals surface area contributed by atoms with Crippen molar-refractivity contribution in [3.8, 4) is 5.75 Å². The third-order valence-electron chi connectivity index (χ3n) is 6.78. The van der Waals surface area contributed by atoms with Crippen molar-refractivity contribution in [1.29, 1.82) is 0 Å². The van der Waals surface area contributed by atoms with Gasteiger partial charge in [-0.05, 0) is 49.2 Å². The van der Waals surface area contributed by atoms with E-state index in [4.69, 9.17) is 9.47 Å². The highest BCUT2D eigenvalue weighted by atomic mass is 19.4. The van der Waals surface area contributed by atoms with Crippen LogP contribution >= 0.6 is 0 Å². The number of carbonyl (C=O) groups excluding carboxylic acids is 2. The zero-order valence-electron chi connectivity index (χ0n) is 21.3. The molecule has 0 N–H and O–H groups in total. The molecule has 1 heterocycles. The van der Waals surface area contributed by atoms with Gasteiger partial charge in [-0.25, -0.2) is 14.0 Å². The largest absolute Gasteiger partial charge is 0.420 e. The highest BCUT2D eigenvalue weighted by Gasteiger charge is 2.44. The average Bonchev–Trinajstić information content (AvgIpc) is 3.53. The van der Waals surface area contributed by atoms with Crippen molar-refractivity contribution in [3.05, 3.63) is 53.3 Å². The lowest BCUT2D eigenvalue weighted by atomic mass is 10.1. The van der Waals surface area contributed by atoms with E-state index in [9.17, 15) is 40.3 Å². The second-order valence-electron chi connectivity index (χ2n) is 9.47. The third-order valence-corrected chi connectivity index (χ3v) is 6.78. The standard InChI is InChI=1S/C26H26F7N3O4/c1-34(18-8-6-17(27)7-9-18)24(38)40-22-20(26(31,32)33)14-16(25(28,29)30)15-21(22)36-11-10-35(23(36)37)12-13-39-19-4-2-3-5-19/h6-9,14-15,19H,2-5,10-13H2,1H3. The van der Waals surface area contributed by atoms with Crippen LogP contribution in [0.25, 0.3) is 0 Å². The molecule has 0 radical (unpaired) electrons. The van der Waals surface area contributed by atoms with Gasteiger partial charge in [0.2, 0.25) is 0 Å². The van der Waals surface area contributed by atoms with E-state index in [1.807, 2.05) is 0 Å². The van der Waals surface area contributed by atoms with Gasteiger partial charge in [0.25, 0.3) is 0 Å². The normalized spacial score (nSPS) is 16.6. The van der Waals surface area contributed by atoms with E-state index in [-0.39, 0.29) is 44.1 Å². The number of anilines is 2. The summed E-state index contributed by atoms with van der Waals surface area (Å²) in [6.07, 6.45) is -8.11. The molecule has 2 aromatic carbocycles. The van der Waals surface area contributed by atoms with E-state index in [2.05, 4.69) is 0 Å². The van der Waals surface area contributed by atoms with Crippen LogP contribution in [0.15, 0.2) is 36.4 Å². The zero-order valence-corrected chi connectivity index (χ0v) is 21.3. The summed E-state index contributed by atoms with van der Waals surface area (Å²) in [6.45, 7) is -0.00313. The first-order valence-corrected chi connectivity index (χ1v) is 12.5. The van der Waals surface area contributed by atoms with Crippen LogP contribution < -0.4 is 14.5 Å². The van der Waals surface area contributed by atoms with E-state index in [0.717, 1.165) is 66.8 Å². The molecule has 1 saturated heterocycles. The van der Waals surface area contributed by atoms with Crippen LogP contribution in [0, 0.1) is 5.82 Å². The lowest BCUT2D eigenvalue weighted by Crippen LogP contribution is -2.36. The van der Waals surface area contributed by atoms with Gasteiger partial charge in [-0.3, -0.25) is 9.80 Å². The molecule has 40 heavy (non-hydrogen) atoms. The molecule has 1 saturated carbocycles. The molecular weight excluding hydrogens is 551 g/mol. The number of amides is 3. The fraction of sp³-hybridized carbons (Fsp3) is 0.462. The summed E-state index contributed by atoms with van der Waals surface area (Å²) in [5, 5.41) is 0. The monoisotopic (exact) mass is 577 g/mol. The predicted octanol–water partition coefficient (Wildman–Crippen LogP) is 6.70. The van der Waals surface area contributed by atoms with Gasteiger partial charge in [0, 0.05) is 32.4 Å². The summed E-state index contributed by atoms with van der Waals surface area (Å²) in [5.74, 6) is -1.89. The highest BCUT2D eigenvalue weighted by Crippen LogP contribution is 2.47. The second kappa shape index (κ2) is 11.5. The number of ether oxygens (including phenoxy) is 2. The number of hydrogen-bond donors (Lipinski definition) is 0. The fourth-order valence-corrected chi connectivity index (χ4v) is 4.62. The molecule has 14 heteroatoms. The molecule has 1 aliphatic carbocycles. The van der Waals surface area contributed by atoms with Crippen molar-refractivity contribution < 1.29 is 49.8 Å². The first-order chi connectivity index (χ1) is 18.8. The lowest BCUT2D eigenvalue weighted by molar-refractivity contribution is -0.143. The Balaban J connectivity index is 1.66. The van der Waals surface area contributed by atoms with E-state index in [1.54, 1.807) is 0 Å². The average molecular weight is 577 g/mol. The van der Waals surface area contributed by atoms with Crippen LogP contribution in [0.2, 0.25) is 0 Å². The quantitative estimate of drug-likeness (QED) is 0.344. The summed E-state index contributed by atoms with van der Waals surface area (Å²) < 4.78 is 107. The van der Waals surface area contributed by atoms with Crippen LogP contribution in [0.3, 0.4) is 0 Å². The SMILES string of the molecule is CN(C(=O)Oc1c(N2CCN(CCOC3CCCC3)C2=O)cc(C(F)(F)F)cc1C(F)(F)F)c1ccc(F)cc1. The number of nitrogens with zero attached hydrogens (tertiary/aromatic N) is 3. The van der Waals surface area contributed by atoms with Crippen molar-refractivity contribution >= 4 is 23.5 Å². The van der Waals surface area contributed by atoms with Crippen LogP contribution in [-0.4, -0.2) is 56.4 Å². The maximum atomic E-state index is 14.0. The highest BCUT2D eigenvalue weighted by molar-refractivity contribution is 5.97. The molecule has 0 bridgehead atoms. The molecule has 0 spiro atoms. The van der Waals surface area contributed by atoms with Crippen molar-refractivity contribution in [1.82, 2.24) is 4.90 Å². The van der Waals surface area contributed by atoms with Crippen LogP contribution in [0.1, 0.15) is 36.8 Å². The molecule has 2 fully saturated rings. The number of halogens is 7. The molecule has 1 aliphatic heterocycles. The number of hydrogen-bond acceptors (Lipinski definition) is 4. The van der Waals surface area contributed by atoms with Gasteiger partial charge in [-0.15, -0.1) is 0 Å². The van der Waals surface area contributed by atoms with Gasteiger partial charge in [0.15, 0.2) is 5.75 Å². The summed E-state index contributed by atoms with van der Waals surface area (Å²) in [4.78, 5) is 28.7. The molecule has 7 nitrogen and oxygen atoms in total. The molecule has 0 atom stereocenters. The van der Waals surface area contributed by atoms with Crippen LogP contribution in [0.5, 0.6) is 5.75 Å². The van der Waals surface area contributed by atoms with E-state index in [1.165, 1.54) is 4.90 Å². The van der Waals surface area contributed by atoms with Crippen molar-refractivity contribution in [3.63, 3.8) is 0 Å². The molecule has 0 unspecified atom stereocenters. The van der Waals surface area contributed by atoms with Gasteiger partial charge in [0.05, 0.1) is 24.0 Å². The summed E-state index contributed by atoms with van der Waals surface area (Å²) in [7, 11) is 1.12. The van der Waals surface area contributed by atoms with Gasteiger partial charge in [0.1, 0.15) is 11.4 Å². The van der Waals surface area contributed by atoms with E-state index >= 15 is 0 Å². The Hall–Kier alpha value is -3.55. The Kier molecular flexibility index (Phi) is 8.47. The molecule has 0 aromatic heterocycles. The lowest BCUT2D eigenvalue weighted by Gasteiger charge is -2.26. The van der Waals surface area contributed by atoms with Gasteiger partial charge < -0.3 is 14.4 Å². The Morgan fingerprint density at radius 2 is 1.65 bits per heavy atom. The van der Waals surface area contributed by atoms with Crippen molar-refractivity contribution in [2.45, 2.75) is 44.1 Å². The Morgan fingerprint density at radius 3 is 2.25 bits per heavy atom. The molecule has 3 amide bonds. The number of rotatable bonds is 7. The summed E-state index contributed by atoms with van der Waals surface area (Å²) in [6, 6.07) is 3.64.